The molecule has 1 aliphatic rings. The average molecular weight is 360 g/mol. The van der Waals surface area contributed by atoms with Gasteiger partial charge in [-0.05, 0) is 58.7 Å². The normalized spacial score (nSPS) is 24.2. The number of rotatable bonds is 4. The summed E-state index contributed by atoms with van der Waals surface area (Å²) in [6, 6.07) is -0.0328. The fourth-order valence-electron chi connectivity index (χ4n) is 2.71. The van der Waals surface area contributed by atoms with E-state index in [4.69, 9.17) is 9.16 Å². The Morgan fingerprint density at radius 2 is 1.79 bits per heavy atom. The summed E-state index contributed by atoms with van der Waals surface area (Å²) in [5.41, 5.74) is -0.523. The molecule has 0 aromatic carbocycles. The molecule has 0 aliphatic carbocycles. The van der Waals surface area contributed by atoms with Crippen LogP contribution in [0.3, 0.4) is 0 Å². The van der Waals surface area contributed by atoms with E-state index in [2.05, 4.69) is 33.9 Å². The highest BCUT2D eigenvalue weighted by Gasteiger charge is 2.44. The maximum Gasteiger partial charge on any atom is 0.410 e. The number of carbonyl (C=O) groups is 1. The summed E-state index contributed by atoms with van der Waals surface area (Å²) >= 11 is 0. The van der Waals surface area contributed by atoms with Crippen molar-refractivity contribution in [1.82, 2.24) is 4.90 Å². The van der Waals surface area contributed by atoms with Gasteiger partial charge in [0, 0.05) is 12.6 Å². The molecule has 1 heterocycles. The second-order valence-electron chi connectivity index (χ2n) is 9.61. The maximum atomic E-state index is 12.5. The predicted octanol–water partition coefficient (Wildman–Crippen LogP) is 4.16. The molecule has 1 aliphatic heterocycles. The lowest BCUT2D eigenvalue weighted by Gasteiger charge is -2.38. The van der Waals surface area contributed by atoms with Crippen molar-refractivity contribution in [3.8, 4) is 0 Å². The SMILES string of the molecule is CC(O)C[C@@H]1C[C@@H](O[Si](C)(C)C(C)(C)C)CN1C(=O)OC(C)(C)C. The fourth-order valence-corrected chi connectivity index (χ4v) is 4.07. The molecule has 0 bridgehead atoms. The summed E-state index contributed by atoms with van der Waals surface area (Å²) in [4.78, 5) is 14.3. The van der Waals surface area contributed by atoms with Gasteiger partial charge in [0.25, 0.3) is 0 Å². The van der Waals surface area contributed by atoms with Crippen molar-refractivity contribution in [3.05, 3.63) is 0 Å². The molecule has 0 spiro atoms. The molecule has 3 atom stereocenters. The lowest BCUT2D eigenvalue weighted by atomic mass is 10.1. The van der Waals surface area contributed by atoms with Crippen LogP contribution in [0.2, 0.25) is 18.1 Å². The highest BCUT2D eigenvalue weighted by Crippen LogP contribution is 2.39. The molecule has 0 radical (unpaired) electrons. The molecule has 1 rings (SSSR count). The Labute approximate surface area is 148 Å². The number of hydrogen-bond donors (Lipinski definition) is 1. The molecule has 24 heavy (non-hydrogen) atoms. The zero-order valence-corrected chi connectivity index (χ0v) is 18.0. The first-order valence-electron chi connectivity index (χ1n) is 8.98. The average Bonchev–Trinajstić information content (AvgIpc) is 2.66. The molecule has 1 N–H and O–H groups in total. The lowest BCUT2D eigenvalue weighted by molar-refractivity contribution is 0.0174. The minimum atomic E-state index is -1.89. The number of amides is 1. The van der Waals surface area contributed by atoms with Crippen molar-refractivity contribution >= 4 is 14.4 Å². The van der Waals surface area contributed by atoms with Crippen LogP contribution < -0.4 is 0 Å². The smallest absolute Gasteiger partial charge is 0.410 e. The van der Waals surface area contributed by atoms with Crippen LogP contribution in [0, 0.1) is 0 Å². The lowest BCUT2D eigenvalue weighted by Crippen LogP contribution is -2.45. The van der Waals surface area contributed by atoms with Gasteiger partial charge in [0.15, 0.2) is 8.32 Å². The van der Waals surface area contributed by atoms with Gasteiger partial charge in [0.05, 0.1) is 12.2 Å². The molecule has 1 saturated heterocycles. The molecule has 0 aromatic heterocycles. The van der Waals surface area contributed by atoms with Gasteiger partial charge in [0.1, 0.15) is 5.60 Å². The third kappa shape index (κ3) is 6.04. The Balaban J connectivity index is 2.85. The van der Waals surface area contributed by atoms with Crippen LogP contribution in [0.25, 0.3) is 0 Å². The van der Waals surface area contributed by atoms with Crippen LogP contribution in [0.1, 0.15) is 61.3 Å². The van der Waals surface area contributed by atoms with E-state index < -0.39 is 20.0 Å². The minimum absolute atomic E-state index is 0.0159. The molecular weight excluding hydrogens is 322 g/mol. The molecule has 1 unspecified atom stereocenters. The van der Waals surface area contributed by atoms with Gasteiger partial charge < -0.3 is 19.2 Å². The van der Waals surface area contributed by atoms with E-state index in [-0.39, 0.29) is 23.3 Å². The van der Waals surface area contributed by atoms with Crippen molar-refractivity contribution in [2.24, 2.45) is 0 Å². The summed E-state index contributed by atoms with van der Waals surface area (Å²) in [6.45, 7) is 19.0. The summed E-state index contributed by atoms with van der Waals surface area (Å²) in [6.07, 6.45) is 0.566. The van der Waals surface area contributed by atoms with Gasteiger partial charge >= 0.3 is 6.09 Å². The summed E-state index contributed by atoms with van der Waals surface area (Å²) in [5.74, 6) is 0. The van der Waals surface area contributed by atoms with Gasteiger partial charge in [-0.3, -0.25) is 0 Å². The maximum absolute atomic E-state index is 12.5. The second kappa shape index (κ2) is 7.34. The van der Waals surface area contributed by atoms with Gasteiger partial charge in [-0.25, -0.2) is 4.79 Å². The fraction of sp³-hybridized carbons (Fsp3) is 0.944. The first kappa shape index (κ1) is 21.4. The zero-order chi connectivity index (χ0) is 18.9. The highest BCUT2D eigenvalue weighted by molar-refractivity contribution is 6.74. The van der Waals surface area contributed by atoms with E-state index in [0.717, 1.165) is 6.42 Å². The molecular formula is C18H37NO4Si. The third-order valence-corrected chi connectivity index (χ3v) is 9.42. The zero-order valence-electron chi connectivity index (χ0n) is 17.0. The Morgan fingerprint density at radius 3 is 2.21 bits per heavy atom. The van der Waals surface area contributed by atoms with Crippen LogP contribution in [-0.4, -0.2) is 54.8 Å². The van der Waals surface area contributed by atoms with Crippen molar-refractivity contribution in [3.63, 3.8) is 0 Å². The topological polar surface area (TPSA) is 59.0 Å². The number of hydrogen-bond acceptors (Lipinski definition) is 4. The number of nitrogens with zero attached hydrogens (tertiary/aromatic N) is 1. The Bertz CT molecular complexity index is 437. The van der Waals surface area contributed by atoms with E-state index in [1.807, 2.05) is 20.8 Å². The standard InChI is InChI=1S/C18H37NO4Si/c1-13(20)10-14-11-15(23-24(8,9)18(5,6)7)12-19(14)16(21)22-17(2,3)4/h13-15,20H,10-12H2,1-9H3/t13?,14-,15-/m1/s1. The number of likely N-dealkylation sites (tertiary alicyclic amines) is 1. The quantitative estimate of drug-likeness (QED) is 0.766. The summed E-state index contributed by atoms with van der Waals surface area (Å²) < 4.78 is 12.0. The summed E-state index contributed by atoms with van der Waals surface area (Å²) in [5, 5.41) is 9.91. The molecule has 6 heteroatoms. The van der Waals surface area contributed by atoms with Crippen LogP contribution in [0.15, 0.2) is 0 Å². The van der Waals surface area contributed by atoms with Gasteiger partial charge in [0.2, 0.25) is 0 Å². The van der Waals surface area contributed by atoms with Crippen molar-refractivity contribution in [1.29, 1.82) is 0 Å². The van der Waals surface area contributed by atoms with E-state index in [1.54, 1.807) is 11.8 Å². The van der Waals surface area contributed by atoms with Gasteiger partial charge in [-0.15, -0.1) is 0 Å². The van der Waals surface area contributed by atoms with Crippen molar-refractivity contribution in [2.45, 2.75) is 103 Å². The van der Waals surface area contributed by atoms with Crippen LogP contribution in [0.5, 0.6) is 0 Å². The van der Waals surface area contributed by atoms with Crippen molar-refractivity contribution < 1.29 is 19.1 Å². The number of aliphatic hydroxyl groups is 1. The largest absolute Gasteiger partial charge is 0.444 e. The molecule has 1 amide bonds. The monoisotopic (exact) mass is 359 g/mol. The van der Waals surface area contributed by atoms with Crippen molar-refractivity contribution in [2.75, 3.05) is 6.54 Å². The van der Waals surface area contributed by atoms with Gasteiger partial charge in [-0.1, -0.05) is 20.8 Å². The van der Waals surface area contributed by atoms with E-state index >= 15 is 0 Å². The first-order valence-corrected chi connectivity index (χ1v) is 11.9. The Morgan fingerprint density at radius 1 is 1.25 bits per heavy atom. The number of ether oxygens (including phenoxy) is 1. The Kier molecular flexibility index (Phi) is 6.56. The molecule has 5 nitrogen and oxygen atoms in total. The van der Waals surface area contributed by atoms with Crippen LogP contribution in [-0.2, 0) is 9.16 Å². The molecule has 142 valence electrons. The van der Waals surface area contributed by atoms with E-state index in [9.17, 15) is 9.90 Å². The molecule has 0 saturated carbocycles. The predicted molar refractivity (Wildman–Crippen MR) is 99.7 cm³/mol. The summed E-state index contributed by atoms with van der Waals surface area (Å²) in [7, 11) is -1.89. The van der Waals surface area contributed by atoms with Crippen LogP contribution in [0.4, 0.5) is 4.79 Å². The van der Waals surface area contributed by atoms with Crippen LogP contribution >= 0.6 is 0 Å². The Hall–Kier alpha value is -0.593. The first-order chi connectivity index (χ1) is 10.6. The molecule has 1 fully saturated rings. The minimum Gasteiger partial charge on any atom is -0.444 e. The van der Waals surface area contributed by atoms with E-state index in [1.165, 1.54) is 0 Å². The number of aliphatic hydroxyl groups excluding tert-OH is 1. The third-order valence-electron chi connectivity index (χ3n) is 4.88. The van der Waals surface area contributed by atoms with E-state index in [0.29, 0.717) is 13.0 Å². The highest BCUT2D eigenvalue weighted by atomic mass is 28.4. The molecule has 0 aromatic rings. The number of carbonyl (C=O) groups excluding carboxylic acids is 1. The second-order valence-corrected chi connectivity index (χ2v) is 14.4. The van der Waals surface area contributed by atoms with Gasteiger partial charge in [-0.2, -0.15) is 0 Å².